The monoisotopic (exact) mass is 333 g/mol. The molecule has 0 radical (unpaired) electrons. The average Bonchev–Trinajstić information content (AvgIpc) is 2.61. The molecule has 134 valence electrons. The number of urea groups is 1. The van der Waals surface area contributed by atoms with Gasteiger partial charge in [-0.1, -0.05) is 25.1 Å². The second kappa shape index (κ2) is 9.04. The van der Waals surface area contributed by atoms with Crippen molar-refractivity contribution in [2.24, 2.45) is 0 Å². The van der Waals surface area contributed by atoms with Crippen LogP contribution in [0.4, 0.5) is 10.5 Å². The quantitative estimate of drug-likeness (QED) is 0.842. The Morgan fingerprint density at radius 1 is 1.38 bits per heavy atom. The van der Waals surface area contributed by atoms with E-state index in [1.807, 2.05) is 24.0 Å². The molecule has 24 heavy (non-hydrogen) atoms. The zero-order chi connectivity index (χ0) is 17.5. The number of anilines is 1. The fourth-order valence-corrected chi connectivity index (χ4v) is 3.40. The number of nitrogens with one attached hydrogen (secondary N) is 1. The molecule has 2 amide bonds. The maximum Gasteiger partial charge on any atom is 0.321 e. The lowest BCUT2D eigenvalue weighted by Gasteiger charge is -2.36. The number of rotatable bonds is 6. The molecule has 1 fully saturated rings. The molecule has 0 bridgehead atoms. The summed E-state index contributed by atoms with van der Waals surface area (Å²) in [6.45, 7) is 6.87. The fourth-order valence-electron chi connectivity index (χ4n) is 3.40. The Balaban J connectivity index is 1.89. The van der Waals surface area contributed by atoms with E-state index >= 15 is 0 Å². The van der Waals surface area contributed by atoms with Gasteiger partial charge in [0.15, 0.2) is 0 Å². The Morgan fingerprint density at radius 2 is 2.08 bits per heavy atom. The second-order valence-electron chi connectivity index (χ2n) is 6.67. The van der Waals surface area contributed by atoms with Crippen molar-refractivity contribution in [1.82, 2.24) is 9.80 Å². The van der Waals surface area contributed by atoms with Crippen LogP contribution >= 0.6 is 0 Å². The average molecular weight is 333 g/mol. The molecule has 0 aliphatic carbocycles. The molecule has 1 aliphatic heterocycles. The van der Waals surface area contributed by atoms with Gasteiger partial charge in [-0.15, -0.1) is 0 Å². The Labute approximate surface area is 145 Å². The predicted octanol–water partition coefficient (Wildman–Crippen LogP) is 2.87. The minimum Gasteiger partial charge on any atom is -0.396 e. The number of hydrogen-bond donors (Lipinski definition) is 2. The maximum absolute atomic E-state index is 12.6. The molecule has 1 aromatic carbocycles. The van der Waals surface area contributed by atoms with Gasteiger partial charge in [-0.25, -0.2) is 4.79 Å². The number of aryl methyl sites for hydroxylation is 2. The van der Waals surface area contributed by atoms with Crippen LogP contribution in [-0.4, -0.2) is 60.3 Å². The number of likely N-dealkylation sites (tertiary alicyclic amines) is 1. The number of hydrogen-bond acceptors (Lipinski definition) is 3. The van der Waals surface area contributed by atoms with E-state index in [-0.39, 0.29) is 12.6 Å². The molecule has 1 heterocycles. The minimum atomic E-state index is 0.00969. The van der Waals surface area contributed by atoms with Crippen LogP contribution in [0.2, 0.25) is 0 Å². The van der Waals surface area contributed by atoms with Crippen LogP contribution in [0.1, 0.15) is 37.3 Å². The van der Waals surface area contributed by atoms with Crippen molar-refractivity contribution in [2.45, 2.75) is 45.6 Å². The standard InChI is InChI=1S/C19H31N3O2/c1-4-16-8-5-7-15(2)18(16)20-19(24)22-12-9-17(10-13-22)21(3)11-6-14-23/h5,7-8,17,23H,4,6,9-14H2,1-3H3,(H,20,24). The van der Waals surface area contributed by atoms with Gasteiger partial charge in [-0.3, -0.25) is 0 Å². The van der Waals surface area contributed by atoms with Crippen molar-refractivity contribution < 1.29 is 9.90 Å². The molecule has 0 aromatic heterocycles. The van der Waals surface area contributed by atoms with Crippen LogP contribution in [0, 0.1) is 6.92 Å². The van der Waals surface area contributed by atoms with Crippen LogP contribution in [0.3, 0.4) is 0 Å². The van der Waals surface area contributed by atoms with Crippen molar-refractivity contribution >= 4 is 11.7 Å². The third-order valence-electron chi connectivity index (χ3n) is 5.02. The maximum atomic E-state index is 12.6. The molecule has 1 saturated heterocycles. The first-order valence-corrected chi connectivity index (χ1v) is 9.02. The van der Waals surface area contributed by atoms with Crippen LogP contribution < -0.4 is 5.32 Å². The number of carbonyl (C=O) groups excluding carboxylic acids is 1. The summed E-state index contributed by atoms with van der Waals surface area (Å²) in [5.74, 6) is 0. The smallest absolute Gasteiger partial charge is 0.321 e. The molecule has 2 rings (SSSR count). The van der Waals surface area contributed by atoms with Gasteiger partial charge in [0.2, 0.25) is 0 Å². The van der Waals surface area contributed by atoms with E-state index in [1.165, 1.54) is 5.56 Å². The molecule has 1 aromatic rings. The zero-order valence-corrected chi connectivity index (χ0v) is 15.2. The molecule has 5 heteroatoms. The van der Waals surface area contributed by atoms with Crippen molar-refractivity contribution in [1.29, 1.82) is 0 Å². The number of amides is 2. The molecule has 0 saturated carbocycles. The predicted molar refractivity (Wildman–Crippen MR) is 98.5 cm³/mol. The highest BCUT2D eigenvalue weighted by molar-refractivity contribution is 5.91. The lowest BCUT2D eigenvalue weighted by atomic mass is 10.0. The van der Waals surface area contributed by atoms with E-state index in [9.17, 15) is 4.79 Å². The highest BCUT2D eigenvalue weighted by Crippen LogP contribution is 2.23. The lowest BCUT2D eigenvalue weighted by Crippen LogP contribution is -2.47. The largest absolute Gasteiger partial charge is 0.396 e. The van der Waals surface area contributed by atoms with Crippen molar-refractivity contribution in [2.75, 3.05) is 38.6 Å². The number of piperidine rings is 1. The molecular formula is C19H31N3O2. The molecule has 2 N–H and O–H groups in total. The van der Waals surface area contributed by atoms with Crippen molar-refractivity contribution in [3.8, 4) is 0 Å². The van der Waals surface area contributed by atoms with Gasteiger partial charge in [-0.2, -0.15) is 0 Å². The van der Waals surface area contributed by atoms with Gasteiger partial charge in [0.25, 0.3) is 0 Å². The Bertz CT molecular complexity index is 539. The third-order valence-corrected chi connectivity index (χ3v) is 5.02. The first-order chi connectivity index (χ1) is 11.6. The van der Waals surface area contributed by atoms with Crippen LogP contribution in [0.5, 0.6) is 0 Å². The Hall–Kier alpha value is -1.59. The second-order valence-corrected chi connectivity index (χ2v) is 6.67. The number of para-hydroxylation sites is 1. The number of nitrogens with zero attached hydrogens (tertiary/aromatic N) is 2. The van der Waals surface area contributed by atoms with Crippen molar-refractivity contribution in [3.05, 3.63) is 29.3 Å². The van der Waals surface area contributed by atoms with E-state index in [1.54, 1.807) is 0 Å². The lowest BCUT2D eigenvalue weighted by molar-refractivity contribution is 0.134. The summed E-state index contributed by atoms with van der Waals surface area (Å²) in [7, 11) is 2.11. The van der Waals surface area contributed by atoms with Gasteiger partial charge in [0.1, 0.15) is 0 Å². The first-order valence-electron chi connectivity index (χ1n) is 9.02. The van der Waals surface area contributed by atoms with Gasteiger partial charge in [-0.05, 0) is 50.8 Å². The zero-order valence-electron chi connectivity index (χ0n) is 15.2. The number of benzene rings is 1. The molecule has 0 unspecified atom stereocenters. The summed E-state index contributed by atoms with van der Waals surface area (Å²) >= 11 is 0. The topological polar surface area (TPSA) is 55.8 Å². The highest BCUT2D eigenvalue weighted by Gasteiger charge is 2.25. The number of aliphatic hydroxyl groups is 1. The summed E-state index contributed by atoms with van der Waals surface area (Å²) in [4.78, 5) is 16.8. The van der Waals surface area contributed by atoms with E-state index in [0.29, 0.717) is 6.04 Å². The fraction of sp³-hybridized carbons (Fsp3) is 0.632. The number of carbonyl (C=O) groups is 1. The van der Waals surface area contributed by atoms with Crippen LogP contribution in [0.25, 0.3) is 0 Å². The highest BCUT2D eigenvalue weighted by atomic mass is 16.3. The minimum absolute atomic E-state index is 0.00969. The van der Waals surface area contributed by atoms with Crippen molar-refractivity contribution in [3.63, 3.8) is 0 Å². The Kier molecular flexibility index (Phi) is 7.06. The van der Waals surface area contributed by atoms with Crippen LogP contribution in [0.15, 0.2) is 18.2 Å². The summed E-state index contributed by atoms with van der Waals surface area (Å²) in [6.07, 6.45) is 3.70. The van der Waals surface area contributed by atoms with Gasteiger partial charge >= 0.3 is 6.03 Å². The molecule has 5 nitrogen and oxygen atoms in total. The third kappa shape index (κ3) is 4.71. The van der Waals surface area contributed by atoms with Gasteiger partial charge in [0.05, 0.1) is 0 Å². The Morgan fingerprint density at radius 3 is 2.71 bits per heavy atom. The number of aliphatic hydroxyl groups excluding tert-OH is 1. The molecular weight excluding hydrogens is 302 g/mol. The van der Waals surface area contributed by atoms with E-state index in [4.69, 9.17) is 5.11 Å². The molecule has 0 spiro atoms. The van der Waals surface area contributed by atoms with E-state index < -0.39 is 0 Å². The summed E-state index contributed by atoms with van der Waals surface area (Å²) in [6, 6.07) is 6.67. The molecule has 1 aliphatic rings. The molecule has 0 atom stereocenters. The summed E-state index contributed by atoms with van der Waals surface area (Å²) in [5.41, 5.74) is 3.26. The summed E-state index contributed by atoms with van der Waals surface area (Å²) in [5, 5.41) is 12.1. The first kappa shape index (κ1) is 18.7. The normalized spacial score (nSPS) is 15.8. The van der Waals surface area contributed by atoms with E-state index in [0.717, 1.165) is 56.6 Å². The summed E-state index contributed by atoms with van der Waals surface area (Å²) < 4.78 is 0. The van der Waals surface area contributed by atoms with Gasteiger partial charge in [0, 0.05) is 38.0 Å². The van der Waals surface area contributed by atoms with Gasteiger partial charge < -0.3 is 20.2 Å². The SMILES string of the molecule is CCc1cccc(C)c1NC(=O)N1CCC(N(C)CCCO)CC1. The van der Waals surface area contributed by atoms with E-state index in [2.05, 4.69) is 30.3 Å². The van der Waals surface area contributed by atoms with Crippen LogP contribution in [-0.2, 0) is 6.42 Å².